The second-order valence-corrected chi connectivity index (χ2v) is 5.75. The van der Waals surface area contributed by atoms with Gasteiger partial charge in [-0.25, -0.2) is 14.6 Å². The molecule has 0 aliphatic heterocycles. The van der Waals surface area contributed by atoms with Gasteiger partial charge in [0.05, 0.1) is 11.2 Å². The monoisotopic (exact) mass is 265 g/mol. The minimum Gasteiger partial charge on any atom is -0.323 e. The second-order valence-electron chi connectivity index (χ2n) is 4.86. The quantitative estimate of drug-likeness (QED) is 0.897. The number of rotatable bonds is 5. The first-order valence-electron chi connectivity index (χ1n) is 6.10. The van der Waals surface area contributed by atoms with E-state index in [1.807, 2.05) is 17.1 Å². The fraction of sp³-hybridized carbons (Fsp3) is 0.583. The molecule has 2 aromatic heterocycles. The standard InChI is InChI=1S/C12H19N5S/c1-8(2)5-17-11(14-6-16-17)4-10(13)12-9(3)15-7-18-12/h6-8,10H,4-5,13H2,1-3H3. The van der Waals surface area contributed by atoms with Crippen molar-refractivity contribution < 1.29 is 0 Å². The van der Waals surface area contributed by atoms with Crippen LogP contribution in [-0.2, 0) is 13.0 Å². The first-order valence-corrected chi connectivity index (χ1v) is 6.98. The first kappa shape index (κ1) is 13.2. The van der Waals surface area contributed by atoms with E-state index in [2.05, 4.69) is 28.9 Å². The van der Waals surface area contributed by atoms with Crippen LogP contribution in [0, 0.1) is 12.8 Å². The SMILES string of the molecule is Cc1ncsc1C(N)Cc1ncnn1CC(C)C. The van der Waals surface area contributed by atoms with Crippen LogP contribution in [0.15, 0.2) is 11.8 Å². The molecule has 2 aromatic rings. The van der Waals surface area contributed by atoms with Crippen molar-refractivity contribution in [3.63, 3.8) is 0 Å². The van der Waals surface area contributed by atoms with Crippen molar-refractivity contribution in [3.8, 4) is 0 Å². The normalized spacial score (nSPS) is 13.2. The molecule has 1 unspecified atom stereocenters. The molecule has 5 nitrogen and oxygen atoms in total. The lowest BCUT2D eigenvalue weighted by molar-refractivity contribution is 0.459. The zero-order valence-electron chi connectivity index (χ0n) is 11.0. The minimum absolute atomic E-state index is 0.0485. The minimum atomic E-state index is -0.0485. The van der Waals surface area contributed by atoms with Gasteiger partial charge >= 0.3 is 0 Å². The van der Waals surface area contributed by atoms with Crippen LogP contribution < -0.4 is 5.73 Å². The van der Waals surface area contributed by atoms with Gasteiger partial charge < -0.3 is 5.73 Å². The van der Waals surface area contributed by atoms with Crippen LogP contribution in [0.1, 0.15) is 36.3 Å². The molecular formula is C12H19N5S. The number of nitrogens with two attached hydrogens (primary N) is 1. The fourth-order valence-corrected chi connectivity index (χ4v) is 2.71. The Morgan fingerprint density at radius 3 is 2.78 bits per heavy atom. The molecule has 0 aliphatic rings. The highest BCUT2D eigenvalue weighted by Gasteiger charge is 2.16. The molecule has 2 heterocycles. The lowest BCUT2D eigenvalue weighted by Gasteiger charge is -2.12. The van der Waals surface area contributed by atoms with Gasteiger partial charge in [-0.15, -0.1) is 11.3 Å². The molecule has 6 heteroatoms. The Balaban J connectivity index is 2.10. The maximum atomic E-state index is 6.22. The van der Waals surface area contributed by atoms with E-state index in [1.54, 1.807) is 17.7 Å². The third-order valence-electron chi connectivity index (χ3n) is 2.76. The third-order valence-corrected chi connectivity index (χ3v) is 3.82. The summed E-state index contributed by atoms with van der Waals surface area (Å²) in [6.07, 6.45) is 2.31. The summed E-state index contributed by atoms with van der Waals surface area (Å²) in [5.41, 5.74) is 9.07. The van der Waals surface area contributed by atoms with E-state index in [-0.39, 0.29) is 6.04 Å². The Hall–Kier alpha value is -1.27. The summed E-state index contributed by atoms with van der Waals surface area (Å²) < 4.78 is 1.95. The predicted octanol–water partition coefficient (Wildman–Crippen LogP) is 1.94. The highest BCUT2D eigenvalue weighted by Crippen LogP contribution is 2.22. The molecule has 0 amide bonds. The molecule has 1 atom stereocenters. The van der Waals surface area contributed by atoms with Crippen LogP contribution in [0.4, 0.5) is 0 Å². The smallest absolute Gasteiger partial charge is 0.138 e. The van der Waals surface area contributed by atoms with Gasteiger partial charge in [0.1, 0.15) is 12.2 Å². The zero-order valence-corrected chi connectivity index (χ0v) is 11.8. The molecule has 0 aromatic carbocycles. The lowest BCUT2D eigenvalue weighted by atomic mass is 10.1. The predicted molar refractivity (Wildman–Crippen MR) is 72.3 cm³/mol. The summed E-state index contributed by atoms with van der Waals surface area (Å²) in [5, 5.41) is 4.25. The van der Waals surface area contributed by atoms with Gasteiger partial charge in [0.2, 0.25) is 0 Å². The van der Waals surface area contributed by atoms with E-state index >= 15 is 0 Å². The molecule has 0 saturated heterocycles. The molecule has 0 radical (unpaired) electrons. The van der Waals surface area contributed by atoms with Crippen molar-refractivity contribution in [1.82, 2.24) is 19.7 Å². The van der Waals surface area contributed by atoms with E-state index < -0.39 is 0 Å². The van der Waals surface area contributed by atoms with Gasteiger partial charge in [0, 0.05) is 23.9 Å². The summed E-state index contributed by atoms with van der Waals surface area (Å²) >= 11 is 1.61. The summed E-state index contributed by atoms with van der Waals surface area (Å²) in [7, 11) is 0. The Kier molecular flexibility index (Phi) is 4.08. The largest absolute Gasteiger partial charge is 0.323 e. The molecule has 0 spiro atoms. The third kappa shape index (κ3) is 2.94. The highest BCUT2D eigenvalue weighted by atomic mass is 32.1. The zero-order chi connectivity index (χ0) is 13.1. The van der Waals surface area contributed by atoms with E-state index in [1.165, 1.54) is 0 Å². The lowest BCUT2D eigenvalue weighted by Crippen LogP contribution is -2.18. The van der Waals surface area contributed by atoms with Crippen molar-refractivity contribution in [2.45, 2.75) is 39.8 Å². The highest BCUT2D eigenvalue weighted by molar-refractivity contribution is 7.09. The van der Waals surface area contributed by atoms with Gasteiger partial charge in [0.15, 0.2) is 0 Å². The Morgan fingerprint density at radius 1 is 1.39 bits per heavy atom. The molecule has 2 N–H and O–H groups in total. The Bertz CT molecular complexity index is 502. The second kappa shape index (κ2) is 5.58. The van der Waals surface area contributed by atoms with Gasteiger partial charge in [-0.1, -0.05) is 13.8 Å². The number of aryl methyl sites for hydroxylation is 1. The first-order chi connectivity index (χ1) is 8.58. The average molecular weight is 265 g/mol. The number of thiazole rings is 1. The van der Waals surface area contributed by atoms with Gasteiger partial charge in [-0.3, -0.25) is 0 Å². The van der Waals surface area contributed by atoms with Crippen LogP contribution in [0.25, 0.3) is 0 Å². The summed E-state index contributed by atoms with van der Waals surface area (Å²) in [4.78, 5) is 9.67. The van der Waals surface area contributed by atoms with Crippen molar-refractivity contribution in [3.05, 3.63) is 28.2 Å². The summed E-state index contributed by atoms with van der Waals surface area (Å²) in [5.74, 6) is 1.50. The molecule has 18 heavy (non-hydrogen) atoms. The van der Waals surface area contributed by atoms with Gasteiger partial charge in [-0.05, 0) is 12.8 Å². The molecule has 0 saturated carbocycles. The van der Waals surface area contributed by atoms with Crippen LogP contribution in [0.5, 0.6) is 0 Å². The van der Waals surface area contributed by atoms with E-state index in [9.17, 15) is 0 Å². The summed E-state index contributed by atoms with van der Waals surface area (Å²) in [6, 6.07) is -0.0485. The maximum absolute atomic E-state index is 6.22. The Labute approximate surface area is 111 Å². The van der Waals surface area contributed by atoms with E-state index in [0.29, 0.717) is 12.3 Å². The molecule has 98 valence electrons. The van der Waals surface area contributed by atoms with Gasteiger partial charge in [0.25, 0.3) is 0 Å². The van der Waals surface area contributed by atoms with E-state index in [4.69, 9.17) is 5.73 Å². The molecule has 2 rings (SSSR count). The fourth-order valence-electron chi connectivity index (χ4n) is 1.90. The maximum Gasteiger partial charge on any atom is 0.138 e. The van der Waals surface area contributed by atoms with Crippen molar-refractivity contribution in [1.29, 1.82) is 0 Å². The number of hydrogen-bond donors (Lipinski definition) is 1. The molecular weight excluding hydrogens is 246 g/mol. The Morgan fingerprint density at radius 2 is 2.17 bits per heavy atom. The number of aromatic nitrogens is 4. The number of nitrogens with zero attached hydrogens (tertiary/aromatic N) is 4. The van der Waals surface area contributed by atoms with Gasteiger partial charge in [-0.2, -0.15) is 5.10 Å². The van der Waals surface area contributed by atoms with E-state index in [0.717, 1.165) is 22.9 Å². The molecule has 0 bridgehead atoms. The van der Waals surface area contributed by atoms with Crippen LogP contribution in [-0.4, -0.2) is 19.7 Å². The van der Waals surface area contributed by atoms with Crippen LogP contribution >= 0.6 is 11.3 Å². The van der Waals surface area contributed by atoms with Crippen molar-refractivity contribution in [2.24, 2.45) is 11.7 Å². The van der Waals surface area contributed by atoms with Crippen LogP contribution in [0.2, 0.25) is 0 Å². The van der Waals surface area contributed by atoms with Crippen molar-refractivity contribution in [2.75, 3.05) is 0 Å². The molecule has 0 aliphatic carbocycles. The topological polar surface area (TPSA) is 69.6 Å². The van der Waals surface area contributed by atoms with Crippen LogP contribution in [0.3, 0.4) is 0 Å². The number of hydrogen-bond acceptors (Lipinski definition) is 5. The molecule has 0 fully saturated rings. The summed E-state index contributed by atoms with van der Waals surface area (Å²) in [6.45, 7) is 7.20. The average Bonchev–Trinajstić information content (AvgIpc) is 2.88. The van der Waals surface area contributed by atoms with Crippen molar-refractivity contribution >= 4 is 11.3 Å².